The summed E-state index contributed by atoms with van der Waals surface area (Å²) in [6.45, 7) is 5.15. The van der Waals surface area contributed by atoms with Gasteiger partial charge in [-0.25, -0.2) is 14.6 Å². The highest BCUT2D eigenvalue weighted by Crippen LogP contribution is 2.38. The van der Waals surface area contributed by atoms with Crippen molar-refractivity contribution in [3.8, 4) is 11.5 Å². The molecule has 3 aromatic heterocycles. The molecule has 0 N–H and O–H groups in total. The van der Waals surface area contributed by atoms with Crippen LogP contribution in [0.4, 0.5) is 5.69 Å². The van der Waals surface area contributed by atoms with Crippen molar-refractivity contribution < 1.29 is 14.1 Å². The number of hydrogen-bond acceptors (Lipinski definition) is 8. The number of halogens is 1. The lowest BCUT2D eigenvalue weighted by molar-refractivity contribution is -0.00526. The van der Waals surface area contributed by atoms with E-state index in [0.29, 0.717) is 52.7 Å². The molecule has 2 atom stereocenters. The first-order valence-corrected chi connectivity index (χ1v) is 8.56. The van der Waals surface area contributed by atoms with E-state index in [1.807, 2.05) is 18.7 Å². The molecule has 26 heavy (non-hydrogen) atoms. The normalized spacial score (nSPS) is 20.7. The number of nitrogens with zero attached hydrogens (tertiary/aromatic N) is 6. The van der Waals surface area contributed by atoms with Crippen molar-refractivity contribution in [3.63, 3.8) is 0 Å². The summed E-state index contributed by atoms with van der Waals surface area (Å²) in [6, 6.07) is 0. The molecule has 1 aliphatic heterocycles. The molecule has 136 valence electrons. The molecule has 3 aromatic rings. The van der Waals surface area contributed by atoms with E-state index in [1.54, 1.807) is 11.7 Å². The van der Waals surface area contributed by atoms with E-state index in [2.05, 4.69) is 20.2 Å². The zero-order chi connectivity index (χ0) is 18.4. The molecule has 4 rings (SSSR count). The molecule has 1 saturated heterocycles. The van der Waals surface area contributed by atoms with Gasteiger partial charge in [0.1, 0.15) is 22.6 Å². The standard InChI is InChI=1S/C16H17ClN6O3/c1-8-4-23(5-9(2)25-8)14-10(6-24)20-12-13(16-18-7-19-22(16)3)21-26-15(12)11(14)17/h6-9H,4-5H2,1-3H3. The van der Waals surface area contributed by atoms with Crippen LogP contribution in [0.2, 0.25) is 5.02 Å². The molecule has 0 radical (unpaired) electrons. The molecule has 0 aliphatic carbocycles. The average molecular weight is 377 g/mol. The maximum atomic E-state index is 11.8. The van der Waals surface area contributed by atoms with Crippen LogP contribution in [-0.2, 0) is 11.8 Å². The zero-order valence-electron chi connectivity index (χ0n) is 14.5. The van der Waals surface area contributed by atoms with Crippen molar-refractivity contribution in [2.24, 2.45) is 7.05 Å². The molecular weight excluding hydrogens is 360 g/mol. The number of fused-ring (bicyclic) bond motifs is 1. The van der Waals surface area contributed by atoms with Gasteiger partial charge in [-0.1, -0.05) is 16.8 Å². The highest BCUT2D eigenvalue weighted by Gasteiger charge is 2.30. The summed E-state index contributed by atoms with van der Waals surface area (Å²) in [4.78, 5) is 22.4. The Morgan fingerprint density at radius 3 is 2.65 bits per heavy atom. The Labute approximate surface area is 153 Å². The van der Waals surface area contributed by atoms with Crippen LogP contribution in [0.5, 0.6) is 0 Å². The molecule has 0 amide bonds. The summed E-state index contributed by atoms with van der Waals surface area (Å²) in [5, 5.41) is 8.38. The number of rotatable bonds is 3. The van der Waals surface area contributed by atoms with E-state index in [-0.39, 0.29) is 17.9 Å². The van der Waals surface area contributed by atoms with E-state index in [0.717, 1.165) is 0 Å². The van der Waals surface area contributed by atoms with Crippen molar-refractivity contribution >= 4 is 34.7 Å². The summed E-state index contributed by atoms with van der Waals surface area (Å²) < 4.78 is 12.7. The molecule has 1 fully saturated rings. The van der Waals surface area contributed by atoms with Crippen LogP contribution in [0.25, 0.3) is 22.6 Å². The van der Waals surface area contributed by atoms with E-state index in [9.17, 15) is 4.79 Å². The van der Waals surface area contributed by atoms with Crippen LogP contribution in [-0.4, -0.2) is 56.5 Å². The van der Waals surface area contributed by atoms with Gasteiger partial charge in [0.25, 0.3) is 0 Å². The summed E-state index contributed by atoms with van der Waals surface area (Å²) in [5.41, 5.74) is 1.86. The lowest BCUT2D eigenvalue weighted by atomic mass is 10.1. The van der Waals surface area contributed by atoms with Gasteiger partial charge in [0.2, 0.25) is 5.58 Å². The quantitative estimate of drug-likeness (QED) is 0.641. The van der Waals surface area contributed by atoms with Crippen molar-refractivity contribution in [1.29, 1.82) is 0 Å². The van der Waals surface area contributed by atoms with Gasteiger partial charge in [-0.05, 0) is 13.8 Å². The van der Waals surface area contributed by atoms with Gasteiger partial charge < -0.3 is 14.2 Å². The minimum atomic E-state index is 0.00828. The molecule has 0 aromatic carbocycles. The Bertz CT molecular complexity index is 974. The van der Waals surface area contributed by atoms with Gasteiger partial charge in [0.15, 0.2) is 17.8 Å². The molecule has 1 aliphatic rings. The Balaban J connectivity index is 1.89. The molecule has 10 heteroatoms. The average Bonchev–Trinajstić information content (AvgIpc) is 3.19. The SMILES string of the molecule is CC1CN(c2c(C=O)nc3c(-c4ncnn4C)noc3c2Cl)CC(C)O1. The molecule has 0 spiro atoms. The van der Waals surface area contributed by atoms with Gasteiger partial charge in [-0.3, -0.25) is 4.79 Å². The van der Waals surface area contributed by atoms with Gasteiger partial charge in [0.05, 0.1) is 17.9 Å². The summed E-state index contributed by atoms with van der Waals surface area (Å²) >= 11 is 6.61. The Hall–Kier alpha value is -2.52. The number of anilines is 1. The lowest BCUT2D eigenvalue weighted by Gasteiger charge is -2.37. The topological polar surface area (TPSA) is 99.2 Å². The smallest absolute Gasteiger partial charge is 0.206 e. The first kappa shape index (κ1) is 16.9. The van der Waals surface area contributed by atoms with Gasteiger partial charge in [-0.2, -0.15) is 5.10 Å². The molecule has 0 bridgehead atoms. The van der Waals surface area contributed by atoms with Gasteiger partial charge in [-0.15, -0.1) is 0 Å². The predicted molar refractivity (Wildman–Crippen MR) is 94.4 cm³/mol. The fourth-order valence-corrected chi connectivity index (χ4v) is 3.67. The summed E-state index contributed by atoms with van der Waals surface area (Å²) in [6.07, 6.45) is 2.12. The summed E-state index contributed by atoms with van der Waals surface area (Å²) in [7, 11) is 1.73. The minimum absolute atomic E-state index is 0.00828. The number of aryl methyl sites for hydroxylation is 1. The fourth-order valence-electron chi connectivity index (χ4n) is 3.33. The van der Waals surface area contributed by atoms with E-state index < -0.39 is 0 Å². The van der Waals surface area contributed by atoms with Crippen molar-refractivity contribution in [3.05, 3.63) is 17.0 Å². The second kappa shape index (κ2) is 6.33. The van der Waals surface area contributed by atoms with Crippen molar-refractivity contribution in [1.82, 2.24) is 24.9 Å². The number of hydrogen-bond donors (Lipinski definition) is 0. The van der Waals surface area contributed by atoms with Gasteiger partial charge in [0, 0.05) is 20.1 Å². The van der Waals surface area contributed by atoms with Crippen molar-refractivity contribution in [2.45, 2.75) is 26.1 Å². The Kier molecular flexibility index (Phi) is 4.12. The number of carbonyl (C=O) groups excluding carboxylic acids is 1. The number of morpholine rings is 1. The summed E-state index contributed by atoms with van der Waals surface area (Å²) in [5.74, 6) is 0.477. The fraction of sp³-hybridized carbons (Fsp3) is 0.438. The van der Waals surface area contributed by atoms with Crippen LogP contribution in [0.1, 0.15) is 24.3 Å². The first-order chi connectivity index (χ1) is 12.5. The Morgan fingerprint density at radius 1 is 1.31 bits per heavy atom. The van der Waals surface area contributed by atoms with E-state index in [1.165, 1.54) is 6.33 Å². The molecule has 4 heterocycles. The van der Waals surface area contributed by atoms with Crippen LogP contribution in [0.3, 0.4) is 0 Å². The third kappa shape index (κ3) is 2.63. The van der Waals surface area contributed by atoms with Crippen LogP contribution in [0.15, 0.2) is 10.9 Å². The van der Waals surface area contributed by atoms with E-state index in [4.69, 9.17) is 20.9 Å². The number of carbonyl (C=O) groups is 1. The lowest BCUT2D eigenvalue weighted by Crippen LogP contribution is -2.46. The van der Waals surface area contributed by atoms with E-state index >= 15 is 0 Å². The molecule has 9 nitrogen and oxygen atoms in total. The van der Waals surface area contributed by atoms with Crippen LogP contribution < -0.4 is 4.90 Å². The monoisotopic (exact) mass is 376 g/mol. The predicted octanol–water partition coefficient (Wildman–Crippen LogP) is 2.10. The number of aromatic nitrogens is 5. The maximum Gasteiger partial charge on any atom is 0.206 e. The number of ether oxygens (including phenoxy) is 1. The van der Waals surface area contributed by atoms with Crippen LogP contribution >= 0.6 is 11.6 Å². The highest BCUT2D eigenvalue weighted by atomic mass is 35.5. The third-order valence-corrected chi connectivity index (χ3v) is 4.67. The number of aldehydes is 1. The third-order valence-electron chi connectivity index (χ3n) is 4.32. The maximum absolute atomic E-state index is 11.8. The molecular formula is C16H17ClN6O3. The van der Waals surface area contributed by atoms with Crippen molar-refractivity contribution in [2.75, 3.05) is 18.0 Å². The van der Waals surface area contributed by atoms with Gasteiger partial charge >= 0.3 is 0 Å². The Morgan fingerprint density at radius 2 is 2.04 bits per heavy atom. The highest BCUT2D eigenvalue weighted by molar-refractivity contribution is 6.38. The van der Waals surface area contributed by atoms with Crippen LogP contribution in [0, 0.1) is 0 Å². The number of pyridine rings is 1. The second-order valence-corrected chi connectivity index (χ2v) is 6.73. The first-order valence-electron chi connectivity index (χ1n) is 8.18. The minimum Gasteiger partial charge on any atom is -0.372 e. The second-order valence-electron chi connectivity index (χ2n) is 6.36. The largest absolute Gasteiger partial charge is 0.372 e. The molecule has 2 unspecified atom stereocenters. The molecule has 0 saturated carbocycles. The zero-order valence-corrected chi connectivity index (χ0v) is 15.3.